The quantitative estimate of drug-likeness (QED) is 0.902. The van der Waals surface area contributed by atoms with Gasteiger partial charge in [0, 0.05) is 12.1 Å². The molecule has 0 bridgehead atoms. The Morgan fingerprint density at radius 3 is 2.46 bits per heavy atom. The van der Waals surface area contributed by atoms with Crippen molar-refractivity contribution in [2.45, 2.75) is 18.7 Å². The topological polar surface area (TPSA) is 73.1 Å². The number of carbonyl (C=O) groups excluding carboxylic acids is 1. The summed E-state index contributed by atoms with van der Waals surface area (Å²) < 4.78 is 38.7. The second-order valence-electron chi connectivity index (χ2n) is 5.06. The van der Waals surface area contributed by atoms with Gasteiger partial charge in [-0.05, 0) is 23.8 Å². The van der Waals surface area contributed by atoms with Crippen molar-refractivity contribution >= 4 is 11.6 Å². The number of anilines is 1. The maximum Gasteiger partial charge on any atom is 0.417 e. The van der Waals surface area contributed by atoms with Gasteiger partial charge in [-0.3, -0.25) is 4.79 Å². The van der Waals surface area contributed by atoms with Crippen molar-refractivity contribution in [1.29, 1.82) is 5.26 Å². The van der Waals surface area contributed by atoms with E-state index in [1.165, 1.54) is 12.1 Å². The van der Waals surface area contributed by atoms with E-state index in [1.54, 1.807) is 30.3 Å². The van der Waals surface area contributed by atoms with Crippen molar-refractivity contribution in [1.82, 2.24) is 0 Å². The largest absolute Gasteiger partial charge is 0.417 e. The normalized spacial score (nSPS) is 12.3. The van der Waals surface area contributed by atoms with Crippen LogP contribution in [0.1, 0.15) is 16.7 Å². The Balaban J connectivity index is 2.13. The van der Waals surface area contributed by atoms with Crippen LogP contribution >= 0.6 is 0 Å². The molecule has 0 heterocycles. The molecule has 124 valence electrons. The average Bonchev–Trinajstić information content (AvgIpc) is 2.55. The Bertz CT molecular complexity index is 768. The van der Waals surface area contributed by atoms with Crippen LogP contribution in [0.4, 0.5) is 18.9 Å². The molecule has 0 aromatic heterocycles. The first kappa shape index (κ1) is 17.5. The molecule has 0 saturated carbocycles. The Morgan fingerprint density at radius 2 is 1.88 bits per heavy atom. The molecule has 0 aliphatic rings. The third-order valence-electron chi connectivity index (χ3n) is 3.29. The van der Waals surface area contributed by atoms with Crippen molar-refractivity contribution in [3.8, 4) is 6.07 Å². The molecule has 24 heavy (non-hydrogen) atoms. The molecule has 2 aromatic rings. The Morgan fingerprint density at radius 1 is 1.21 bits per heavy atom. The molecule has 1 unspecified atom stereocenters. The highest BCUT2D eigenvalue weighted by atomic mass is 19.4. The number of nitrogens with one attached hydrogen (secondary N) is 1. The number of alkyl halides is 3. The van der Waals surface area contributed by atoms with E-state index in [2.05, 4.69) is 5.32 Å². The molecule has 0 aliphatic heterocycles. The summed E-state index contributed by atoms with van der Waals surface area (Å²) in [7, 11) is 0. The van der Waals surface area contributed by atoms with Crippen molar-refractivity contribution in [2.24, 2.45) is 0 Å². The lowest BCUT2D eigenvalue weighted by atomic mass is 10.1. The van der Waals surface area contributed by atoms with Gasteiger partial charge >= 0.3 is 6.18 Å². The van der Waals surface area contributed by atoms with Gasteiger partial charge in [-0.25, -0.2) is 0 Å². The third-order valence-corrected chi connectivity index (χ3v) is 3.29. The molecule has 0 aliphatic carbocycles. The molecule has 2 rings (SSSR count). The fourth-order valence-electron chi connectivity index (χ4n) is 2.11. The van der Waals surface area contributed by atoms with Crippen molar-refractivity contribution in [2.75, 3.05) is 5.32 Å². The zero-order valence-corrected chi connectivity index (χ0v) is 12.3. The predicted octanol–water partition coefficient (Wildman–Crippen LogP) is 3.12. The summed E-state index contributed by atoms with van der Waals surface area (Å²) >= 11 is 0. The number of halogens is 3. The fourth-order valence-corrected chi connectivity index (χ4v) is 2.11. The fraction of sp³-hybridized carbons (Fsp3) is 0.176. The van der Waals surface area contributed by atoms with Gasteiger partial charge in [-0.1, -0.05) is 30.3 Å². The average molecular weight is 334 g/mol. The standard InChI is InChI=1S/C17H13F3N2O2/c18-17(19,20)14-9-13(7-6-12(14)10-21)22-16(24)15(23)8-11-4-2-1-3-5-11/h1-7,9,15,23H,8H2,(H,22,24). The Kier molecular flexibility index (Phi) is 5.21. The number of nitriles is 1. The first-order valence-electron chi connectivity index (χ1n) is 6.95. The maximum absolute atomic E-state index is 12.9. The lowest BCUT2D eigenvalue weighted by Crippen LogP contribution is -2.29. The highest BCUT2D eigenvalue weighted by molar-refractivity contribution is 5.94. The number of amides is 1. The van der Waals surface area contributed by atoms with Gasteiger partial charge in [-0.15, -0.1) is 0 Å². The van der Waals surface area contributed by atoms with Gasteiger partial charge in [-0.2, -0.15) is 18.4 Å². The highest BCUT2D eigenvalue weighted by Crippen LogP contribution is 2.33. The number of carbonyl (C=O) groups is 1. The second-order valence-corrected chi connectivity index (χ2v) is 5.06. The van der Waals surface area contributed by atoms with Gasteiger partial charge in [0.2, 0.25) is 0 Å². The molecule has 4 nitrogen and oxygen atoms in total. The summed E-state index contributed by atoms with van der Waals surface area (Å²) in [5, 5.41) is 20.8. The van der Waals surface area contributed by atoms with Crippen LogP contribution in [0, 0.1) is 11.3 Å². The summed E-state index contributed by atoms with van der Waals surface area (Å²) in [6.45, 7) is 0. The summed E-state index contributed by atoms with van der Waals surface area (Å²) in [6.07, 6.45) is -6.08. The van der Waals surface area contributed by atoms with Crippen LogP contribution < -0.4 is 5.32 Å². The van der Waals surface area contributed by atoms with E-state index in [4.69, 9.17) is 5.26 Å². The molecular weight excluding hydrogens is 321 g/mol. The van der Waals surface area contributed by atoms with Crippen molar-refractivity contribution in [3.05, 3.63) is 65.2 Å². The number of aliphatic hydroxyl groups is 1. The zero-order chi connectivity index (χ0) is 17.7. The molecule has 2 aromatic carbocycles. The van der Waals surface area contributed by atoms with Gasteiger partial charge in [0.05, 0.1) is 17.2 Å². The van der Waals surface area contributed by atoms with Crippen molar-refractivity contribution < 1.29 is 23.1 Å². The molecular formula is C17H13F3N2O2. The van der Waals surface area contributed by atoms with Gasteiger partial charge < -0.3 is 10.4 Å². The van der Waals surface area contributed by atoms with Crippen LogP contribution in [-0.2, 0) is 17.4 Å². The molecule has 7 heteroatoms. The third kappa shape index (κ3) is 4.33. The van der Waals surface area contributed by atoms with E-state index in [1.807, 2.05) is 0 Å². The number of hydrogen-bond acceptors (Lipinski definition) is 3. The van der Waals surface area contributed by atoms with Crippen molar-refractivity contribution in [3.63, 3.8) is 0 Å². The minimum atomic E-state index is -4.71. The highest BCUT2D eigenvalue weighted by Gasteiger charge is 2.34. The van der Waals surface area contributed by atoms with Crippen LogP contribution in [0.25, 0.3) is 0 Å². The minimum Gasteiger partial charge on any atom is -0.383 e. The molecule has 0 radical (unpaired) electrons. The van der Waals surface area contributed by atoms with Gasteiger partial charge in [0.15, 0.2) is 0 Å². The SMILES string of the molecule is N#Cc1ccc(NC(=O)C(O)Cc2ccccc2)cc1C(F)(F)F. The lowest BCUT2D eigenvalue weighted by molar-refractivity contribution is -0.137. The molecule has 0 fully saturated rings. The number of rotatable bonds is 4. The minimum absolute atomic E-state index is 0.0368. The lowest BCUT2D eigenvalue weighted by Gasteiger charge is -2.14. The predicted molar refractivity (Wildman–Crippen MR) is 80.9 cm³/mol. The summed E-state index contributed by atoms with van der Waals surface area (Å²) in [5.41, 5.74) is -1.10. The summed E-state index contributed by atoms with van der Waals surface area (Å²) in [5.74, 6) is -0.823. The van der Waals surface area contributed by atoms with E-state index < -0.39 is 29.3 Å². The van der Waals surface area contributed by atoms with E-state index in [0.717, 1.165) is 11.6 Å². The first-order valence-corrected chi connectivity index (χ1v) is 6.95. The monoisotopic (exact) mass is 334 g/mol. The molecule has 1 atom stereocenters. The van der Waals surface area contributed by atoms with E-state index >= 15 is 0 Å². The van der Waals surface area contributed by atoms with E-state index in [-0.39, 0.29) is 12.1 Å². The van der Waals surface area contributed by atoms with Gasteiger partial charge in [0.1, 0.15) is 6.10 Å². The zero-order valence-electron chi connectivity index (χ0n) is 12.3. The smallest absolute Gasteiger partial charge is 0.383 e. The first-order chi connectivity index (χ1) is 11.3. The summed E-state index contributed by atoms with van der Waals surface area (Å²) in [6, 6.07) is 13.0. The van der Waals surface area contributed by atoms with Gasteiger partial charge in [0.25, 0.3) is 5.91 Å². The second kappa shape index (κ2) is 7.15. The summed E-state index contributed by atoms with van der Waals surface area (Å²) in [4.78, 5) is 11.9. The molecule has 0 spiro atoms. The van der Waals surface area contributed by atoms with Crippen LogP contribution in [0.2, 0.25) is 0 Å². The maximum atomic E-state index is 12.9. The van der Waals surface area contributed by atoms with Crippen LogP contribution in [0.3, 0.4) is 0 Å². The van der Waals surface area contributed by atoms with Crippen LogP contribution in [0.15, 0.2) is 48.5 Å². The van der Waals surface area contributed by atoms with E-state index in [9.17, 15) is 23.1 Å². The number of benzene rings is 2. The number of hydrogen-bond donors (Lipinski definition) is 2. The number of aliphatic hydroxyl groups excluding tert-OH is 1. The number of nitrogens with zero attached hydrogens (tertiary/aromatic N) is 1. The van der Waals surface area contributed by atoms with Crippen LogP contribution in [-0.4, -0.2) is 17.1 Å². The molecule has 1 amide bonds. The van der Waals surface area contributed by atoms with Crippen LogP contribution in [0.5, 0.6) is 0 Å². The van der Waals surface area contributed by atoms with E-state index in [0.29, 0.717) is 6.07 Å². The Hall–Kier alpha value is -2.85. The molecule has 0 saturated heterocycles. The molecule has 2 N–H and O–H groups in total. The Labute approximate surface area is 136 Å².